The molecule has 1 unspecified atom stereocenters. The van der Waals surface area contributed by atoms with Crippen molar-refractivity contribution in [3.63, 3.8) is 0 Å². The molecule has 1 aliphatic rings. The minimum Gasteiger partial charge on any atom is -0.404 e. The van der Waals surface area contributed by atoms with Gasteiger partial charge in [-0.3, -0.25) is 9.69 Å². The van der Waals surface area contributed by atoms with Gasteiger partial charge < -0.3 is 10.1 Å². The van der Waals surface area contributed by atoms with E-state index in [1.54, 1.807) is 0 Å². The van der Waals surface area contributed by atoms with Gasteiger partial charge in [-0.1, -0.05) is 19.1 Å². The molecular weight excluding hydrogens is 399 g/mol. The molecule has 1 N–H and O–H groups in total. The Hall–Kier alpha value is -1.85. The number of rotatable bonds is 7. The first kappa shape index (κ1) is 22.4. The summed E-state index contributed by atoms with van der Waals surface area (Å²) < 4.78 is 68.2. The Kier molecular flexibility index (Phi) is 7.29. The van der Waals surface area contributed by atoms with Gasteiger partial charge in [-0.25, -0.2) is 8.42 Å². The second kappa shape index (κ2) is 9.10. The molecule has 7 nitrogen and oxygen atoms in total. The van der Waals surface area contributed by atoms with Crippen LogP contribution in [0.4, 0.5) is 13.2 Å². The van der Waals surface area contributed by atoms with Gasteiger partial charge in [0.25, 0.3) is 0 Å². The number of carbonyl (C=O) groups is 1. The van der Waals surface area contributed by atoms with Crippen LogP contribution in [0.1, 0.15) is 20.3 Å². The van der Waals surface area contributed by atoms with E-state index in [-0.39, 0.29) is 31.6 Å². The van der Waals surface area contributed by atoms with Crippen LogP contribution in [-0.4, -0.2) is 68.7 Å². The van der Waals surface area contributed by atoms with Crippen molar-refractivity contribution >= 4 is 15.9 Å². The Morgan fingerprint density at radius 3 is 2.39 bits per heavy atom. The molecule has 1 aromatic rings. The van der Waals surface area contributed by atoms with Crippen molar-refractivity contribution in [1.82, 2.24) is 14.5 Å². The van der Waals surface area contributed by atoms with Gasteiger partial charge >= 0.3 is 6.36 Å². The van der Waals surface area contributed by atoms with Crippen molar-refractivity contribution in [2.75, 3.05) is 32.7 Å². The first-order chi connectivity index (χ1) is 13.0. The van der Waals surface area contributed by atoms with Crippen LogP contribution in [0.2, 0.25) is 0 Å². The first-order valence-electron chi connectivity index (χ1n) is 8.89. The minimum atomic E-state index is -4.99. The quantitative estimate of drug-likeness (QED) is 0.724. The van der Waals surface area contributed by atoms with Crippen molar-refractivity contribution in [3.8, 4) is 5.75 Å². The molecule has 1 aliphatic heterocycles. The largest absolute Gasteiger partial charge is 0.573 e. The average molecular weight is 423 g/mol. The molecule has 11 heteroatoms. The summed E-state index contributed by atoms with van der Waals surface area (Å²) in [6.45, 7) is 4.73. The number of benzene rings is 1. The third-order valence-corrected chi connectivity index (χ3v) is 6.35. The third-order valence-electron chi connectivity index (χ3n) is 4.41. The summed E-state index contributed by atoms with van der Waals surface area (Å²) in [5, 5.41) is 2.84. The van der Waals surface area contributed by atoms with E-state index in [0.29, 0.717) is 13.1 Å². The number of hydrogen-bond acceptors (Lipinski definition) is 5. The van der Waals surface area contributed by atoms with Gasteiger partial charge in [-0.05, 0) is 25.5 Å². The van der Waals surface area contributed by atoms with Gasteiger partial charge in [-0.2, -0.15) is 4.31 Å². The molecule has 1 amide bonds. The lowest BCUT2D eigenvalue weighted by Crippen LogP contribution is -2.51. The lowest BCUT2D eigenvalue weighted by atomic mass is 10.2. The molecule has 0 aromatic heterocycles. The summed E-state index contributed by atoms with van der Waals surface area (Å²) in [5.74, 6) is -0.903. The molecular formula is C17H24F3N3O4S. The van der Waals surface area contributed by atoms with Gasteiger partial charge in [0, 0.05) is 32.2 Å². The van der Waals surface area contributed by atoms with E-state index in [0.717, 1.165) is 22.9 Å². The molecule has 28 heavy (non-hydrogen) atoms. The molecule has 1 fully saturated rings. The first-order valence-corrected chi connectivity index (χ1v) is 10.3. The highest BCUT2D eigenvalue weighted by atomic mass is 32.2. The lowest BCUT2D eigenvalue weighted by Gasteiger charge is -2.34. The Labute approximate surface area is 162 Å². The fourth-order valence-electron chi connectivity index (χ4n) is 2.76. The van der Waals surface area contributed by atoms with Crippen LogP contribution in [0, 0.1) is 0 Å². The van der Waals surface area contributed by atoms with Gasteiger partial charge in [0.1, 0.15) is 10.6 Å². The molecule has 0 saturated carbocycles. The van der Waals surface area contributed by atoms with Crippen LogP contribution in [0.25, 0.3) is 0 Å². The SMILES string of the molecule is CCC(C)NC(=O)CN1CCN(S(=O)(=O)c2ccccc2OC(F)(F)F)CC1. The van der Waals surface area contributed by atoms with E-state index in [9.17, 15) is 26.4 Å². The van der Waals surface area contributed by atoms with Gasteiger partial charge in [-0.15, -0.1) is 13.2 Å². The zero-order valence-electron chi connectivity index (χ0n) is 15.7. The predicted octanol–water partition coefficient (Wildman–Crippen LogP) is 1.81. The molecule has 0 aliphatic carbocycles. The second-order valence-electron chi connectivity index (χ2n) is 6.55. The number of sulfonamides is 1. The maximum absolute atomic E-state index is 12.8. The minimum absolute atomic E-state index is 0.0549. The molecule has 1 saturated heterocycles. The Morgan fingerprint density at radius 1 is 1.21 bits per heavy atom. The highest BCUT2D eigenvalue weighted by Crippen LogP contribution is 2.31. The molecule has 1 aromatic carbocycles. The smallest absolute Gasteiger partial charge is 0.404 e. The van der Waals surface area contributed by atoms with Crippen molar-refractivity contribution < 1.29 is 31.1 Å². The van der Waals surface area contributed by atoms with E-state index in [1.807, 2.05) is 18.7 Å². The number of nitrogens with one attached hydrogen (secondary N) is 1. The number of halogens is 3. The van der Waals surface area contributed by atoms with Gasteiger partial charge in [0.2, 0.25) is 15.9 Å². The van der Waals surface area contributed by atoms with Gasteiger partial charge in [0.15, 0.2) is 0 Å². The zero-order valence-corrected chi connectivity index (χ0v) is 16.5. The normalized spacial score (nSPS) is 17.9. The molecule has 1 atom stereocenters. The number of piperazine rings is 1. The number of para-hydroxylation sites is 1. The standard InChI is InChI=1S/C17H24F3N3O4S/c1-3-13(2)21-16(24)12-22-8-10-23(11-9-22)28(25,26)15-7-5-4-6-14(15)27-17(18,19)20/h4-7,13H,3,8-12H2,1-2H3,(H,21,24). The number of nitrogens with zero attached hydrogens (tertiary/aromatic N) is 2. The fraction of sp³-hybridized carbons (Fsp3) is 0.588. The highest BCUT2D eigenvalue weighted by Gasteiger charge is 2.36. The van der Waals surface area contributed by atoms with Crippen LogP contribution in [-0.2, 0) is 14.8 Å². The van der Waals surface area contributed by atoms with E-state index in [4.69, 9.17) is 0 Å². The summed E-state index contributed by atoms with van der Waals surface area (Å²) in [6.07, 6.45) is -4.19. The Morgan fingerprint density at radius 2 is 1.82 bits per heavy atom. The summed E-state index contributed by atoms with van der Waals surface area (Å²) in [7, 11) is -4.16. The number of amides is 1. The van der Waals surface area contributed by atoms with E-state index >= 15 is 0 Å². The average Bonchev–Trinajstić information content (AvgIpc) is 2.61. The van der Waals surface area contributed by atoms with Crippen molar-refractivity contribution in [3.05, 3.63) is 24.3 Å². The molecule has 0 spiro atoms. The Balaban J connectivity index is 2.03. The van der Waals surface area contributed by atoms with Gasteiger partial charge in [0.05, 0.1) is 6.54 Å². The summed E-state index contributed by atoms with van der Waals surface area (Å²) in [6, 6.07) is 4.72. The molecule has 0 radical (unpaired) electrons. The van der Waals surface area contributed by atoms with E-state index < -0.39 is 27.0 Å². The maximum Gasteiger partial charge on any atom is 0.573 e. The summed E-state index contributed by atoms with van der Waals surface area (Å²) >= 11 is 0. The molecule has 158 valence electrons. The summed E-state index contributed by atoms with van der Waals surface area (Å²) in [5.41, 5.74) is 0. The topological polar surface area (TPSA) is 79.0 Å². The van der Waals surface area contributed by atoms with Crippen molar-refractivity contribution in [2.45, 2.75) is 37.6 Å². The number of hydrogen-bond donors (Lipinski definition) is 1. The predicted molar refractivity (Wildman–Crippen MR) is 96.2 cm³/mol. The fourth-order valence-corrected chi connectivity index (χ4v) is 4.30. The third kappa shape index (κ3) is 6.08. The lowest BCUT2D eigenvalue weighted by molar-refractivity contribution is -0.275. The van der Waals surface area contributed by atoms with E-state index in [1.165, 1.54) is 12.1 Å². The van der Waals surface area contributed by atoms with Crippen molar-refractivity contribution in [1.29, 1.82) is 0 Å². The van der Waals surface area contributed by atoms with Crippen LogP contribution in [0.5, 0.6) is 5.75 Å². The van der Waals surface area contributed by atoms with Crippen LogP contribution >= 0.6 is 0 Å². The second-order valence-corrected chi connectivity index (χ2v) is 8.46. The maximum atomic E-state index is 12.8. The van der Waals surface area contributed by atoms with Crippen LogP contribution in [0.15, 0.2) is 29.2 Å². The zero-order chi connectivity index (χ0) is 20.9. The monoisotopic (exact) mass is 423 g/mol. The highest BCUT2D eigenvalue weighted by molar-refractivity contribution is 7.89. The van der Waals surface area contributed by atoms with Crippen LogP contribution < -0.4 is 10.1 Å². The number of carbonyl (C=O) groups excluding carboxylic acids is 1. The number of alkyl halides is 3. The molecule has 1 heterocycles. The van der Waals surface area contributed by atoms with E-state index in [2.05, 4.69) is 10.1 Å². The van der Waals surface area contributed by atoms with Crippen LogP contribution in [0.3, 0.4) is 0 Å². The Bertz CT molecular complexity index is 778. The molecule has 0 bridgehead atoms. The summed E-state index contributed by atoms with van der Waals surface area (Å²) in [4.78, 5) is 13.2. The number of ether oxygens (including phenoxy) is 1. The van der Waals surface area contributed by atoms with Crippen molar-refractivity contribution in [2.24, 2.45) is 0 Å². The molecule has 2 rings (SSSR count).